The molecule has 0 aromatic carbocycles. The third-order valence-corrected chi connectivity index (χ3v) is 4.96. The van der Waals surface area contributed by atoms with Gasteiger partial charge in [0.25, 0.3) is 0 Å². The molecule has 0 saturated heterocycles. The zero-order valence-corrected chi connectivity index (χ0v) is 19.2. The molecule has 2 aromatic heterocycles. The van der Waals surface area contributed by atoms with E-state index < -0.39 is 0 Å². The molecule has 2 aromatic rings. The van der Waals surface area contributed by atoms with Crippen LogP contribution in [0.1, 0.15) is 48.9 Å². The average Bonchev–Trinajstić information content (AvgIpc) is 3.13. The van der Waals surface area contributed by atoms with Crippen LogP contribution < -0.4 is 10.6 Å². The van der Waals surface area contributed by atoms with Crippen LogP contribution in [0.5, 0.6) is 0 Å². The van der Waals surface area contributed by atoms with Gasteiger partial charge in [0, 0.05) is 43.7 Å². The average molecular weight is 486 g/mol. The SMILES string of the molecule is CCNC(=NCc1c(C)nn(C)c1C)NC1CCc2nc(CC)nn2C1.I. The van der Waals surface area contributed by atoms with E-state index in [-0.39, 0.29) is 24.0 Å². The lowest BCUT2D eigenvalue weighted by molar-refractivity contribution is 0.392. The minimum atomic E-state index is 0. The number of rotatable bonds is 5. The Hall–Kier alpha value is -1.65. The van der Waals surface area contributed by atoms with Crippen LogP contribution in [0.15, 0.2) is 4.99 Å². The second-order valence-electron chi connectivity index (χ2n) is 6.83. The molecule has 1 atom stereocenters. The van der Waals surface area contributed by atoms with Crippen molar-refractivity contribution in [2.75, 3.05) is 6.54 Å². The van der Waals surface area contributed by atoms with Gasteiger partial charge in [0.15, 0.2) is 11.8 Å². The number of aliphatic imine (C=N–C) groups is 1. The summed E-state index contributed by atoms with van der Waals surface area (Å²) in [4.78, 5) is 9.37. The number of aromatic nitrogens is 5. The second-order valence-corrected chi connectivity index (χ2v) is 6.83. The van der Waals surface area contributed by atoms with Crippen molar-refractivity contribution in [2.24, 2.45) is 12.0 Å². The maximum atomic E-state index is 4.79. The molecule has 150 valence electrons. The van der Waals surface area contributed by atoms with E-state index in [0.717, 1.165) is 55.7 Å². The van der Waals surface area contributed by atoms with Gasteiger partial charge in [-0.15, -0.1) is 24.0 Å². The highest BCUT2D eigenvalue weighted by molar-refractivity contribution is 14.0. The molecule has 3 rings (SSSR count). The number of nitrogens with one attached hydrogen (secondary N) is 2. The molecular weight excluding hydrogens is 455 g/mol. The molecular formula is C18H31IN8. The molecule has 0 fully saturated rings. The van der Waals surface area contributed by atoms with E-state index in [4.69, 9.17) is 4.99 Å². The van der Waals surface area contributed by atoms with Crippen LogP contribution in [0.3, 0.4) is 0 Å². The predicted molar refractivity (Wildman–Crippen MR) is 118 cm³/mol. The quantitative estimate of drug-likeness (QED) is 0.383. The molecule has 0 bridgehead atoms. The van der Waals surface area contributed by atoms with Gasteiger partial charge in [-0.25, -0.2) is 14.7 Å². The van der Waals surface area contributed by atoms with Crippen molar-refractivity contribution < 1.29 is 0 Å². The minimum absolute atomic E-state index is 0. The third-order valence-electron chi connectivity index (χ3n) is 4.96. The van der Waals surface area contributed by atoms with Crippen LogP contribution in [0, 0.1) is 13.8 Å². The normalized spacial score (nSPS) is 16.6. The molecule has 9 heteroatoms. The molecule has 8 nitrogen and oxygen atoms in total. The topological polar surface area (TPSA) is 84.9 Å². The van der Waals surface area contributed by atoms with Crippen molar-refractivity contribution in [2.45, 2.75) is 66.1 Å². The first-order valence-electron chi connectivity index (χ1n) is 9.48. The van der Waals surface area contributed by atoms with E-state index in [1.807, 2.05) is 23.3 Å². The molecule has 0 amide bonds. The molecule has 0 aliphatic carbocycles. The van der Waals surface area contributed by atoms with E-state index in [2.05, 4.69) is 46.6 Å². The molecule has 0 radical (unpaired) electrons. The van der Waals surface area contributed by atoms with Gasteiger partial charge in [0.2, 0.25) is 0 Å². The first-order valence-corrected chi connectivity index (χ1v) is 9.48. The first-order chi connectivity index (χ1) is 12.5. The van der Waals surface area contributed by atoms with Gasteiger partial charge in [-0.2, -0.15) is 10.2 Å². The third kappa shape index (κ3) is 4.99. The van der Waals surface area contributed by atoms with Crippen LogP contribution in [-0.2, 0) is 33.0 Å². The van der Waals surface area contributed by atoms with Gasteiger partial charge >= 0.3 is 0 Å². The van der Waals surface area contributed by atoms with Crippen molar-refractivity contribution in [3.8, 4) is 0 Å². The number of fused-ring (bicyclic) bond motifs is 1. The highest BCUT2D eigenvalue weighted by atomic mass is 127. The van der Waals surface area contributed by atoms with Crippen molar-refractivity contribution in [3.05, 3.63) is 28.6 Å². The molecule has 0 spiro atoms. The Morgan fingerprint density at radius 1 is 1.26 bits per heavy atom. The van der Waals surface area contributed by atoms with Crippen LogP contribution in [0.4, 0.5) is 0 Å². The van der Waals surface area contributed by atoms with Gasteiger partial charge in [0.1, 0.15) is 5.82 Å². The van der Waals surface area contributed by atoms with E-state index in [1.165, 1.54) is 11.3 Å². The Morgan fingerprint density at radius 2 is 2.04 bits per heavy atom. The monoisotopic (exact) mass is 486 g/mol. The maximum absolute atomic E-state index is 4.79. The van der Waals surface area contributed by atoms with Crippen LogP contribution in [0.25, 0.3) is 0 Å². The van der Waals surface area contributed by atoms with Crippen LogP contribution >= 0.6 is 24.0 Å². The zero-order valence-electron chi connectivity index (χ0n) is 16.9. The Labute approximate surface area is 178 Å². The number of aryl methyl sites for hydroxylation is 4. The fraction of sp³-hybridized carbons (Fsp3) is 0.667. The number of hydrogen-bond acceptors (Lipinski definition) is 4. The summed E-state index contributed by atoms with van der Waals surface area (Å²) < 4.78 is 3.96. The van der Waals surface area contributed by atoms with Crippen molar-refractivity contribution in [3.63, 3.8) is 0 Å². The van der Waals surface area contributed by atoms with Crippen molar-refractivity contribution in [1.29, 1.82) is 0 Å². The summed E-state index contributed by atoms with van der Waals surface area (Å²) in [6, 6.07) is 0.308. The van der Waals surface area contributed by atoms with Crippen molar-refractivity contribution >= 4 is 29.9 Å². The summed E-state index contributed by atoms with van der Waals surface area (Å²) in [5.41, 5.74) is 3.40. The summed E-state index contributed by atoms with van der Waals surface area (Å²) in [6.45, 7) is 10.6. The zero-order chi connectivity index (χ0) is 18.7. The Morgan fingerprint density at radius 3 is 2.67 bits per heavy atom. The molecule has 1 unspecified atom stereocenters. The van der Waals surface area contributed by atoms with E-state index in [1.54, 1.807) is 0 Å². The number of hydrogen-bond donors (Lipinski definition) is 2. The fourth-order valence-electron chi connectivity index (χ4n) is 3.35. The second kappa shape index (κ2) is 9.52. The lowest BCUT2D eigenvalue weighted by atomic mass is 10.1. The Kier molecular flexibility index (Phi) is 7.63. The lowest BCUT2D eigenvalue weighted by Gasteiger charge is -2.25. The van der Waals surface area contributed by atoms with Crippen molar-refractivity contribution in [1.82, 2.24) is 35.2 Å². The lowest BCUT2D eigenvalue weighted by Crippen LogP contribution is -2.47. The standard InChI is InChI=1S/C18H30N8.HI/c1-6-16-22-17-9-8-14(11-26(17)24-16)21-18(19-7-2)20-10-15-12(3)23-25(5)13(15)4;/h14H,6-11H2,1-5H3,(H2,19,20,21);1H. The molecule has 1 aliphatic heterocycles. The number of nitrogens with zero attached hydrogens (tertiary/aromatic N) is 6. The Bertz CT molecular complexity index is 792. The fourth-order valence-corrected chi connectivity index (χ4v) is 3.35. The van der Waals surface area contributed by atoms with E-state index in [9.17, 15) is 0 Å². The molecule has 0 saturated carbocycles. The molecule has 27 heavy (non-hydrogen) atoms. The highest BCUT2D eigenvalue weighted by Gasteiger charge is 2.22. The number of halogens is 1. The summed E-state index contributed by atoms with van der Waals surface area (Å²) in [5.74, 6) is 2.88. The summed E-state index contributed by atoms with van der Waals surface area (Å²) >= 11 is 0. The predicted octanol–water partition coefficient (Wildman–Crippen LogP) is 1.88. The maximum Gasteiger partial charge on any atom is 0.191 e. The minimum Gasteiger partial charge on any atom is -0.357 e. The van der Waals surface area contributed by atoms with Gasteiger partial charge in [-0.3, -0.25) is 4.68 Å². The summed E-state index contributed by atoms with van der Waals surface area (Å²) in [5, 5.41) is 16.0. The van der Waals surface area contributed by atoms with Gasteiger partial charge in [-0.05, 0) is 27.2 Å². The first kappa shape index (κ1) is 21.6. The van der Waals surface area contributed by atoms with E-state index in [0.29, 0.717) is 12.6 Å². The molecule has 3 heterocycles. The summed E-state index contributed by atoms with van der Waals surface area (Å²) in [6.07, 6.45) is 2.87. The van der Waals surface area contributed by atoms with Crippen LogP contribution in [-0.4, -0.2) is 43.1 Å². The van der Waals surface area contributed by atoms with Gasteiger partial charge in [-0.1, -0.05) is 6.92 Å². The van der Waals surface area contributed by atoms with Gasteiger partial charge < -0.3 is 10.6 Å². The van der Waals surface area contributed by atoms with Crippen LogP contribution in [0.2, 0.25) is 0 Å². The largest absolute Gasteiger partial charge is 0.357 e. The van der Waals surface area contributed by atoms with E-state index >= 15 is 0 Å². The summed E-state index contributed by atoms with van der Waals surface area (Å²) in [7, 11) is 1.97. The smallest absolute Gasteiger partial charge is 0.191 e. The molecule has 1 aliphatic rings. The highest BCUT2D eigenvalue weighted by Crippen LogP contribution is 2.15. The Balaban J connectivity index is 0.00000261. The molecule has 2 N–H and O–H groups in total. The number of guanidine groups is 1. The van der Waals surface area contributed by atoms with Gasteiger partial charge in [0.05, 0.1) is 18.8 Å².